The summed E-state index contributed by atoms with van der Waals surface area (Å²) in [6.07, 6.45) is 6.55. The van der Waals surface area contributed by atoms with Gasteiger partial charge in [-0.2, -0.15) is 5.10 Å². The van der Waals surface area contributed by atoms with Gasteiger partial charge in [0.05, 0.1) is 30.2 Å². The molecule has 0 radical (unpaired) electrons. The van der Waals surface area contributed by atoms with Crippen LogP contribution in [0.1, 0.15) is 35.2 Å². The molecule has 4 N–H and O–H groups in total. The second kappa shape index (κ2) is 9.51. The Morgan fingerprint density at radius 3 is 2.67 bits per heavy atom. The lowest BCUT2D eigenvalue weighted by Gasteiger charge is -2.24. The highest BCUT2D eigenvalue weighted by molar-refractivity contribution is 5.91. The van der Waals surface area contributed by atoms with E-state index in [9.17, 15) is 4.79 Å². The maximum absolute atomic E-state index is 12.3. The van der Waals surface area contributed by atoms with Crippen LogP contribution < -0.4 is 26.2 Å². The number of ether oxygens (including phenoxy) is 2. The van der Waals surface area contributed by atoms with Gasteiger partial charge in [-0.1, -0.05) is 6.07 Å². The lowest BCUT2D eigenvalue weighted by molar-refractivity contribution is 0.216. The van der Waals surface area contributed by atoms with E-state index in [-0.39, 0.29) is 6.61 Å². The molecule has 1 heterocycles. The van der Waals surface area contributed by atoms with Crippen molar-refractivity contribution in [3.05, 3.63) is 65.0 Å². The molecule has 9 nitrogen and oxygen atoms in total. The molecule has 33 heavy (non-hydrogen) atoms. The van der Waals surface area contributed by atoms with Crippen molar-refractivity contribution in [2.24, 2.45) is 11.7 Å². The first-order valence-corrected chi connectivity index (χ1v) is 10.9. The zero-order chi connectivity index (χ0) is 23.5. The topological polar surface area (TPSA) is 112 Å². The van der Waals surface area contributed by atoms with E-state index in [2.05, 4.69) is 11.2 Å². The average molecular weight is 451 g/mol. The summed E-state index contributed by atoms with van der Waals surface area (Å²) in [5.41, 5.74) is 5.73. The Morgan fingerprint density at radius 1 is 1.15 bits per heavy atom. The second-order valence-corrected chi connectivity index (χ2v) is 8.20. The molecule has 1 aromatic heterocycles. The number of hydrogen-bond donors (Lipinski definition) is 2. The number of carbonyl (C=O) groups excluding carboxylic acids is 1. The Labute approximate surface area is 193 Å². The highest BCUT2D eigenvalue weighted by Gasteiger charge is 2.21. The minimum atomic E-state index is -0.562. The molecule has 9 heteroatoms. The Kier molecular flexibility index (Phi) is 6.52. The minimum absolute atomic E-state index is 0.159. The van der Waals surface area contributed by atoms with E-state index in [1.54, 1.807) is 25.3 Å². The minimum Gasteiger partial charge on any atom is -0.496 e. The molecule has 1 aliphatic rings. The fraction of sp³-hybridized carbons (Fsp3) is 0.333. The van der Waals surface area contributed by atoms with Crippen molar-refractivity contribution >= 4 is 11.7 Å². The van der Waals surface area contributed by atoms with Crippen LogP contribution >= 0.6 is 0 Å². The fourth-order valence-corrected chi connectivity index (χ4v) is 4.18. The van der Waals surface area contributed by atoms with Crippen molar-refractivity contribution in [2.75, 3.05) is 19.2 Å². The fourth-order valence-electron chi connectivity index (χ4n) is 4.18. The average Bonchev–Trinajstić information content (AvgIpc) is 3.26. The zero-order valence-corrected chi connectivity index (χ0v) is 19.2. The summed E-state index contributed by atoms with van der Waals surface area (Å²) in [7, 11) is 2.99. The van der Waals surface area contributed by atoms with Crippen LogP contribution in [0.4, 0.5) is 10.5 Å². The Balaban J connectivity index is 1.57. The van der Waals surface area contributed by atoms with E-state index in [1.807, 2.05) is 29.9 Å². The molecule has 2 aromatic carbocycles. The number of carbonyl (C=O) groups is 1. The number of rotatable bonds is 6. The molecule has 1 aliphatic carbocycles. The van der Waals surface area contributed by atoms with Gasteiger partial charge in [0.25, 0.3) is 0 Å². The van der Waals surface area contributed by atoms with Crippen LogP contribution in [0.2, 0.25) is 0 Å². The number of aryl methyl sites for hydroxylation is 2. The van der Waals surface area contributed by atoms with Crippen LogP contribution in [0, 0.1) is 6.92 Å². The van der Waals surface area contributed by atoms with Crippen LogP contribution in [0.25, 0.3) is 5.69 Å². The lowest BCUT2D eigenvalue weighted by atomic mass is 9.98. The van der Waals surface area contributed by atoms with Crippen molar-refractivity contribution in [1.82, 2.24) is 14.8 Å². The van der Waals surface area contributed by atoms with E-state index in [0.717, 1.165) is 39.9 Å². The molecule has 2 amide bonds. The standard InChI is InChI=1S/C24H30N6O3/c1-16-13-18(30-20-8-5-4-7-17(20)14-27-30)11-12-22(16)33-15-19-21(9-6-10-23(19)32-3)29(26)24(31)28(2)25/h6,9-14H,4-5,7-8,15,25-26H2,1-3H3. The molecule has 0 saturated heterocycles. The summed E-state index contributed by atoms with van der Waals surface area (Å²) in [6, 6.07) is 10.7. The van der Waals surface area contributed by atoms with Crippen molar-refractivity contribution < 1.29 is 14.3 Å². The number of hydrogen-bond acceptors (Lipinski definition) is 6. The number of benzene rings is 2. The number of hydrazine groups is 2. The number of aromatic nitrogens is 2. The van der Waals surface area contributed by atoms with Crippen LogP contribution in [0.15, 0.2) is 42.6 Å². The van der Waals surface area contributed by atoms with Gasteiger partial charge in [0.15, 0.2) is 0 Å². The second-order valence-electron chi connectivity index (χ2n) is 8.20. The number of anilines is 1. The zero-order valence-electron chi connectivity index (χ0n) is 19.2. The van der Waals surface area contributed by atoms with Crippen LogP contribution in [0.3, 0.4) is 0 Å². The van der Waals surface area contributed by atoms with Gasteiger partial charge in [0.1, 0.15) is 18.1 Å². The van der Waals surface area contributed by atoms with E-state index < -0.39 is 6.03 Å². The van der Waals surface area contributed by atoms with Gasteiger partial charge in [0.2, 0.25) is 0 Å². The highest BCUT2D eigenvalue weighted by Crippen LogP contribution is 2.31. The van der Waals surface area contributed by atoms with Gasteiger partial charge in [-0.25, -0.2) is 26.2 Å². The van der Waals surface area contributed by atoms with Gasteiger partial charge in [-0.05, 0) is 74.1 Å². The smallest absolute Gasteiger partial charge is 0.352 e. The normalized spacial score (nSPS) is 12.8. The quantitative estimate of drug-likeness (QED) is 0.339. The van der Waals surface area contributed by atoms with Crippen molar-refractivity contribution in [1.29, 1.82) is 0 Å². The Morgan fingerprint density at radius 2 is 1.94 bits per heavy atom. The van der Waals surface area contributed by atoms with Gasteiger partial charge in [-0.15, -0.1) is 0 Å². The summed E-state index contributed by atoms with van der Waals surface area (Å²) < 4.78 is 13.7. The predicted octanol–water partition coefficient (Wildman–Crippen LogP) is 3.25. The molecule has 3 aromatic rings. The number of nitrogens with two attached hydrogens (primary N) is 2. The van der Waals surface area contributed by atoms with E-state index in [0.29, 0.717) is 17.0 Å². The number of fused-ring (bicyclic) bond motifs is 1. The maximum Gasteiger partial charge on any atom is 0.352 e. The SMILES string of the molecule is COc1cccc(N(N)C(=O)N(C)N)c1COc1ccc(-n2ncc3c2CCCC3)cc1C. The van der Waals surface area contributed by atoms with E-state index in [1.165, 1.54) is 31.1 Å². The highest BCUT2D eigenvalue weighted by atomic mass is 16.5. The third kappa shape index (κ3) is 4.50. The van der Waals surface area contributed by atoms with Crippen molar-refractivity contribution in [2.45, 2.75) is 39.2 Å². The number of nitrogens with zero attached hydrogens (tertiary/aromatic N) is 4. The number of urea groups is 1. The first-order valence-electron chi connectivity index (χ1n) is 10.9. The molecular weight excluding hydrogens is 420 g/mol. The summed E-state index contributed by atoms with van der Waals surface area (Å²) in [5.74, 6) is 12.9. The summed E-state index contributed by atoms with van der Waals surface area (Å²) >= 11 is 0. The largest absolute Gasteiger partial charge is 0.496 e. The molecule has 0 aliphatic heterocycles. The maximum atomic E-state index is 12.3. The number of amides is 2. The molecule has 0 saturated carbocycles. The van der Waals surface area contributed by atoms with Crippen LogP contribution in [-0.2, 0) is 19.4 Å². The molecule has 174 valence electrons. The van der Waals surface area contributed by atoms with Gasteiger partial charge >= 0.3 is 6.03 Å². The Hall–Kier alpha value is -3.56. The van der Waals surface area contributed by atoms with Gasteiger partial charge < -0.3 is 9.47 Å². The monoisotopic (exact) mass is 450 g/mol. The lowest BCUT2D eigenvalue weighted by Crippen LogP contribution is -2.49. The molecule has 0 atom stereocenters. The molecule has 0 bridgehead atoms. The van der Waals surface area contributed by atoms with Crippen molar-refractivity contribution in [3.63, 3.8) is 0 Å². The molecule has 0 unspecified atom stereocenters. The summed E-state index contributed by atoms with van der Waals surface area (Å²) in [4.78, 5) is 12.3. The third-order valence-corrected chi connectivity index (χ3v) is 5.94. The van der Waals surface area contributed by atoms with E-state index in [4.69, 9.17) is 21.2 Å². The van der Waals surface area contributed by atoms with Crippen LogP contribution in [0.5, 0.6) is 11.5 Å². The first-order chi connectivity index (χ1) is 15.9. The Bertz CT molecular complexity index is 1160. The summed E-state index contributed by atoms with van der Waals surface area (Å²) in [6.45, 7) is 2.16. The van der Waals surface area contributed by atoms with Gasteiger partial charge in [0, 0.05) is 12.7 Å². The molecular formula is C24H30N6O3. The molecule has 0 fully saturated rings. The molecule has 0 spiro atoms. The van der Waals surface area contributed by atoms with Crippen LogP contribution in [-0.4, -0.2) is 35.0 Å². The predicted molar refractivity (Wildman–Crippen MR) is 126 cm³/mol. The van der Waals surface area contributed by atoms with E-state index >= 15 is 0 Å². The summed E-state index contributed by atoms with van der Waals surface area (Å²) in [5, 5.41) is 6.51. The molecule has 4 rings (SSSR count). The first kappa shape index (κ1) is 22.6. The number of methoxy groups -OCH3 is 1. The van der Waals surface area contributed by atoms with Crippen molar-refractivity contribution in [3.8, 4) is 17.2 Å². The third-order valence-electron chi connectivity index (χ3n) is 5.94. The van der Waals surface area contributed by atoms with Gasteiger partial charge in [-0.3, -0.25) is 5.01 Å².